The van der Waals surface area contributed by atoms with Crippen LogP contribution in [0.5, 0.6) is 0 Å². The van der Waals surface area contributed by atoms with E-state index in [0.29, 0.717) is 6.42 Å². The zero-order chi connectivity index (χ0) is 14.4. The third-order valence-corrected chi connectivity index (χ3v) is 5.03. The van der Waals surface area contributed by atoms with Crippen molar-refractivity contribution in [2.24, 2.45) is 0 Å². The van der Waals surface area contributed by atoms with Crippen LogP contribution in [-0.4, -0.2) is 57.8 Å². The summed E-state index contributed by atoms with van der Waals surface area (Å²) in [6, 6.07) is 0. The van der Waals surface area contributed by atoms with Crippen LogP contribution in [0.25, 0.3) is 0 Å². The number of H-pyrrole nitrogens is 1. The maximum Gasteiger partial charge on any atom is 0.340 e. The van der Waals surface area contributed by atoms with Gasteiger partial charge in [0.05, 0.1) is 5.60 Å². The molecule has 0 aromatic carbocycles. The summed E-state index contributed by atoms with van der Waals surface area (Å²) in [5.41, 5.74) is -1.20. The van der Waals surface area contributed by atoms with Crippen molar-refractivity contribution in [3.05, 3.63) is 11.3 Å². The van der Waals surface area contributed by atoms with E-state index < -0.39 is 26.6 Å². The molecule has 0 radical (unpaired) electrons. The van der Waals surface area contributed by atoms with Crippen molar-refractivity contribution in [3.8, 4) is 0 Å². The number of aromatic amines is 1. The zero-order valence-corrected chi connectivity index (χ0v) is 11.4. The first-order chi connectivity index (χ1) is 8.71. The molecular weight excluding hydrogens is 274 g/mol. The fourth-order valence-corrected chi connectivity index (χ4v) is 3.70. The van der Waals surface area contributed by atoms with Gasteiger partial charge in [-0.1, -0.05) is 6.92 Å². The molecule has 106 valence electrons. The van der Waals surface area contributed by atoms with Gasteiger partial charge in [-0.3, -0.25) is 5.10 Å². The average Bonchev–Trinajstić information content (AvgIpc) is 2.67. The Hall–Kier alpha value is -1.45. The summed E-state index contributed by atoms with van der Waals surface area (Å²) in [6.07, 6.45) is 0.435. The van der Waals surface area contributed by atoms with E-state index in [4.69, 9.17) is 5.11 Å². The molecule has 0 bridgehead atoms. The van der Waals surface area contributed by atoms with Crippen LogP contribution in [0.1, 0.15) is 29.4 Å². The van der Waals surface area contributed by atoms with Gasteiger partial charge in [-0.25, -0.2) is 13.2 Å². The maximum absolute atomic E-state index is 12.2. The van der Waals surface area contributed by atoms with Crippen molar-refractivity contribution in [1.29, 1.82) is 0 Å². The molecular formula is C10H15N3O5S. The summed E-state index contributed by atoms with van der Waals surface area (Å²) in [7, 11) is -3.99. The van der Waals surface area contributed by atoms with Gasteiger partial charge in [0, 0.05) is 18.8 Å². The summed E-state index contributed by atoms with van der Waals surface area (Å²) in [5, 5.41) is 24.3. The minimum absolute atomic E-state index is 0.0448. The van der Waals surface area contributed by atoms with E-state index in [0.717, 1.165) is 4.31 Å². The van der Waals surface area contributed by atoms with Crippen LogP contribution in [0.15, 0.2) is 5.03 Å². The van der Waals surface area contributed by atoms with Gasteiger partial charge in [-0.2, -0.15) is 9.40 Å². The van der Waals surface area contributed by atoms with Gasteiger partial charge >= 0.3 is 5.97 Å². The number of carboxylic acids is 1. The Morgan fingerprint density at radius 2 is 2.11 bits per heavy atom. The number of aryl methyl sites for hydroxylation is 1. The predicted molar refractivity (Wildman–Crippen MR) is 64.3 cm³/mol. The molecule has 1 fully saturated rings. The molecule has 1 aromatic rings. The van der Waals surface area contributed by atoms with Crippen LogP contribution in [0.3, 0.4) is 0 Å². The Balaban J connectivity index is 2.35. The molecule has 0 spiro atoms. The normalized spacial score (nSPS) is 19.1. The van der Waals surface area contributed by atoms with Crippen molar-refractivity contribution in [1.82, 2.24) is 14.5 Å². The topological polar surface area (TPSA) is 124 Å². The van der Waals surface area contributed by atoms with Crippen molar-refractivity contribution in [3.63, 3.8) is 0 Å². The van der Waals surface area contributed by atoms with Crippen molar-refractivity contribution < 1.29 is 23.4 Å². The van der Waals surface area contributed by atoms with Gasteiger partial charge in [-0.05, 0) is 13.3 Å². The van der Waals surface area contributed by atoms with Crippen LogP contribution >= 0.6 is 0 Å². The molecule has 19 heavy (non-hydrogen) atoms. The Labute approximate surface area is 110 Å². The highest BCUT2D eigenvalue weighted by Crippen LogP contribution is 2.31. The number of nitrogens with zero attached hydrogens (tertiary/aromatic N) is 2. The number of carbonyl (C=O) groups is 1. The Morgan fingerprint density at radius 3 is 2.58 bits per heavy atom. The molecule has 2 heterocycles. The van der Waals surface area contributed by atoms with E-state index in [1.54, 1.807) is 6.92 Å². The van der Waals surface area contributed by atoms with Gasteiger partial charge in [0.25, 0.3) is 10.0 Å². The first-order valence-corrected chi connectivity index (χ1v) is 7.16. The van der Waals surface area contributed by atoms with Crippen molar-refractivity contribution >= 4 is 16.0 Å². The number of hydrogen-bond donors (Lipinski definition) is 3. The minimum atomic E-state index is -3.99. The van der Waals surface area contributed by atoms with Gasteiger partial charge in [0.15, 0.2) is 0 Å². The summed E-state index contributed by atoms with van der Waals surface area (Å²) >= 11 is 0. The van der Waals surface area contributed by atoms with E-state index in [1.165, 1.54) is 6.92 Å². The van der Waals surface area contributed by atoms with Crippen LogP contribution in [0, 0.1) is 6.92 Å². The number of aliphatic hydroxyl groups is 1. The van der Waals surface area contributed by atoms with Crippen molar-refractivity contribution in [2.75, 3.05) is 13.1 Å². The summed E-state index contributed by atoms with van der Waals surface area (Å²) < 4.78 is 25.5. The molecule has 0 saturated carbocycles. The summed E-state index contributed by atoms with van der Waals surface area (Å²) in [5.74, 6) is -1.35. The smallest absolute Gasteiger partial charge is 0.340 e. The van der Waals surface area contributed by atoms with Crippen LogP contribution in [0.4, 0.5) is 0 Å². The highest BCUT2D eigenvalue weighted by Gasteiger charge is 2.47. The molecule has 1 aliphatic heterocycles. The fourth-order valence-electron chi connectivity index (χ4n) is 1.97. The number of sulfonamides is 1. The van der Waals surface area contributed by atoms with Gasteiger partial charge in [0.2, 0.25) is 5.03 Å². The van der Waals surface area contributed by atoms with Crippen molar-refractivity contribution in [2.45, 2.75) is 30.9 Å². The maximum atomic E-state index is 12.2. The second-order valence-corrected chi connectivity index (χ2v) is 6.54. The van der Waals surface area contributed by atoms with E-state index in [1.807, 2.05) is 0 Å². The second-order valence-electron chi connectivity index (χ2n) is 4.68. The van der Waals surface area contributed by atoms with Gasteiger partial charge in [-0.15, -0.1) is 0 Å². The zero-order valence-electron chi connectivity index (χ0n) is 10.5. The first-order valence-electron chi connectivity index (χ1n) is 5.72. The summed E-state index contributed by atoms with van der Waals surface area (Å²) in [4.78, 5) is 11.1. The molecule has 0 unspecified atom stereocenters. The number of aromatic nitrogens is 2. The molecule has 1 aromatic heterocycles. The van der Waals surface area contributed by atoms with E-state index in [9.17, 15) is 18.3 Å². The van der Waals surface area contributed by atoms with Crippen LogP contribution in [-0.2, 0) is 10.0 Å². The molecule has 9 heteroatoms. The lowest BCUT2D eigenvalue weighted by Crippen LogP contribution is -2.63. The van der Waals surface area contributed by atoms with E-state index >= 15 is 0 Å². The average molecular weight is 289 g/mol. The highest BCUT2D eigenvalue weighted by molar-refractivity contribution is 7.89. The number of rotatable bonds is 4. The number of β-amino-alcohol motifs (C(OH)–C–C–N with tert-alkyl or cyclic N) is 1. The lowest BCUT2D eigenvalue weighted by Gasteiger charge is -2.44. The quantitative estimate of drug-likeness (QED) is 0.690. The molecule has 1 saturated heterocycles. The third-order valence-electron chi connectivity index (χ3n) is 3.31. The molecule has 0 amide bonds. The number of hydrogen-bond acceptors (Lipinski definition) is 5. The Morgan fingerprint density at radius 1 is 1.53 bits per heavy atom. The molecule has 8 nitrogen and oxygen atoms in total. The Kier molecular flexibility index (Phi) is 3.15. The monoisotopic (exact) mass is 289 g/mol. The molecule has 1 aliphatic rings. The molecule has 3 N–H and O–H groups in total. The largest absolute Gasteiger partial charge is 0.478 e. The first kappa shape index (κ1) is 14.0. The third kappa shape index (κ3) is 2.13. The van der Waals surface area contributed by atoms with Crippen LogP contribution < -0.4 is 0 Å². The standard InChI is InChI=1S/C10H15N3O5S/c1-3-10(16)4-13(5-10)19(17,18)8-7(9(14)15)6(2)11-12-8/h16H,3-5H2,1-2H3,(H,11,12)(H,14,15). The number of carboxylic acid groups (broad SMARTS) is 1. The highest BCUT2D eigenvalue weighted by atomic mass is 32.2. The molecule has 0 atom stereocenters. The molecule has 2 rings (SSSR count). The minimum Gasteiger partial charge on any atom is -0.478 e. The van der Waals surface area contributed by atoms with E-state index in [-0.39, 0.29) is 24.3 Å². The van der Waals surface area contributed by atoms with Crippen LogP contribution in [0.2, 0.25) is 0 Å². The predicted octanol–water partition coefficient (Wildman–Crippen LogP) is -0.438. The van der Waals surface area contributed by atoms with Gasteiger partial charge in [0.1, 0.15) is 5.56 Å². The summed E-state index contributed by atoms with van der Waals surface area (Å²) in [6.45, 7) is 3.10. The lowest BCUT2D eigenvalue weighted by molar-refractivity contribution is -0.0614. The number of nitrogens with one attached hydrogen (secondary N) is 1. The fraction of sp³-hybridized carbons (Fsp3) is 0.600. The second kappa shape index (κ2) is 4.29. The Bertz CT molecular complexity index is 615. The molecule has 0 aliphatic carbocycles. The SMILES string of the molecule is CCC1(O)CN(S(=O)(=O)c2n[nH]c(C)c2C(=O)O)C1. The van der Waals surface area contributed by atoms with E-state index in [2.05, 4.69) is 10.2 Å². The lowest BCUT2D eigenvalue weighted by atomic mass is 9.94. The van der Waals surface area contributed by atoms with Gasteiger partial charge < -0.3 is 10.2 Å². The number of aromatic carboxylic acids is 1.